The number of rotatable bonds is 5. The van der Waals surface area contributed by atoms with Gasteiger partial charge in [-0.25, -0.2) is 4.68 Å². The fraction of sp³-hybridized carbons (Fsp3) is 0.0476. The van der Waals surface area contributed by atoms with Gasteiger partial charge in [-0.2, -0.15) is 0 Å². The maximum atomic E-state index is 12.4. The van der Waals surface area contributed by atoms with Crippen molar-refractivity contribution in [1.82, 2.24) is 25.3 Å². The molecule has 4 aromatic rings. The van der Waals surface area contributed by atoms with Crippen molar-refractivity contribution in [3.8, 4) is 16.8 Å². The average molecular weight is 390 g/mol. The largest absolute Gasteiger partial charge is 0.346 e. The first-order valence-corrected chi connectivity index (χ1v) is 9.03. The molecule has 0 radical (unpaired) electrons. The predicted molar refractivity (Wildman–Crippen MR) is 107 cm³/mol. The van der Waals surface area contributed by atoms with Gasteiger partial charge >= 0.3 is 0 Å². The highest BCUT2D eigenvalue weighted by atomic mass is 35.5. The molecule has 1 amide bonds. The lowest BCUT2D eigenvalue weighted by molar-refractivity contribution is 0.0950. The monoisotopic (exact) mass is 389 g/mol. The minimum Gasteiger partial charge on any atom is -0.346 e. The van der Waals surface area contributed by atoms with E-state index in [0.29, 0.717) is 22.8 Å². The number of hydrogen-bond donors (Lipinski definition) is 1. The number of carbonyl (C=O) groups is 1. The number of benzene rings is 2. The molecule has 0 fully saturated rings. The van der Waals surface area contributed by atoms with E-state index in [1.54, 1.807) is 35.4 Å². The van der Waals surface area contributed by atoms with E-state index >= 15 is 0 Å². The molecule has 2 aromatic heterocycles. The Hall–Kier alpha value is -3.51. The molecule has 138 valence electrons. The molecule has 0 aliphatic heterocycles. The first kappa shape index (κ1) is 17.9. The van der Waals surface area contributed by atoms with Crippen LogP contribution in [0.1, 0.15) is 16.1 Å². The third-order valence-corrected chi connectivity index (χ3v) is 4.44. The van der Waals surface area contributed by atoms with Crippen molar-refractivity contribution < 1.29 is 4.79 Å². The van der Waals surface area contributed by atoms with Gasteiger partial charge in [-0.05, 0) is 47.5 Å². The molecule has 0 aliphatic carbocycles. The Morgan fingerprint density at radius 3 is 2.54 bits per heavy atom. The molecule has 0 aliphatic rings. The van der Waals surface area contributed by atoms with Crippen molar-refractivity contribution in [1.29, 1.82) is 0 Å². The maximum absolute atomic E-state index is 12.4. The van der Waals surface area contributed by atoms with Gasteiger partial charge < -0.3 is 5.32 Å². The zero-order valence-corrected chi connectivity index (χ0v) is 15.5. The smallest absolute Gasteiger partial charge is 0.251 e. The predicted octanol–water partition coefficient (Wildman–Crippen LogP) is 3.91. The fourth-order valence-electron chi connectivity index (χ4n) is 2.76. The minimum absolute atomic E-state index is 0.170. The van der Waals surface area contributed by atoms with Crippen molar-refractivity contribution in [2.24, 2.45) is 0 Å². The van der Waals surface area contributed by atoms with Gasteiger partial charge in [0.15, 0.2) is 0 Å². The molecule has 28 heavy (non-hydrogen) atoms. The highest BCUT2D eigenvalue weighted by Gasteiger charge is 2.08. The van der Waals surface area contributed by atoms with Gasteiger partial charge in [-0.15, -0.1) is 5.10 Å². The summed E-state index contributed by atoms with van der Waals surface area (Å²) in [6, 6.07) is 18.7. The van der Waals surface area contributed by atoms with Crippen LogP contribution in [-0.4, -0.2) is 25.9 Å². The third-order valence-electron chi connectivity index (χ3n) is 4.20. The molecule has 6 nitrogen and oxygen atoms in total. The van der Waals surface area contributed by atoms with Crippen molar-refractivity contribution in [2.45, 2.75) is 6.54 Å². The van der Waals surface area contributed by atoms with Crippen LogP contribution in [0.15, 0.2) is 79.3 Å². The summed E-state index contributed by atoms with van der Waals surface area (Å²) in [5.41, 5.74) is 4.11. The molecule has 2 heterocycles. The topological polar surface area (TPSA) is 72.7 Å². The molecule has 4 rings (SSSR count). The van der Waals surface area contributed by atoms with E-state index in [1.807, 2.05) is 48.5 Å². The van der Waals surface area contributed by atoms with Gasteiger partial charge in [0.05, 0.1) is 18.4 Å². The molecule has 0 saturated heterocycles. The molecule has 1 N–H and O–H groups in total. The van der Waals surface area contributed by atoms with Crippen molar-refractivity contribution in [2.75, 3.05) is 0 Å². The molecule has 7 heteroatoms. The molecule has 0 atom stereocenters. The van der Waals surface area contributed by atoms with Gasteiger partial charge in [0, 0.05) is 23.0 Å². The summed E-state index contributed by atoms with van der Waals surface area (Å²) in [5.74, 6) is -0.170. The van der Waals surface area contributed by atoms with E-state index in [2.05, 4.69) is 20.6 Å². The second-order valence-electron chi connectivity index (χ2n) is 6.13. The molecule has 0 unspecified atom stereocenters. The molecule has 2 aromatic carbocycles. The molecular weight excluding hydrogens is 374 g/mol. The highest BCUT2D eigenvalue weighted by molar-refractivity contribution is 6.30. The van der Waals surface area contributed by atoms with Crippen LogP contribution in [0.25, 0.3) is 16.8 Å². The van der Waals surface area contributed by atoms with Crippen LogP contribution in [0.4, 0.5) is 0 Å². The Morgan fingerprint density at radius 1 is 1.00 bits per heavy atom. The number of nitrogens with one attached hydrogen (secondary N) is 1. The van der Waals surface area contributed by atoms with Crippen LogP contribution in [0, 0.1) is 0 Å². The summed E-state index contributed by atoms with van der Waals surface area (Å²) in [7, 11) is 0. The Bertz CT molecular complexity index is 1090. The third kappa shape index (κ3) is 4.07. The summed E-state index contributed by atoms with van der Waals surface area (Å²) in [5, 5.41) is 11.7. The van der Waals surface area contributed by atoms with Crippen LogP contribution in [-0.2, 0) is 6.54 Å². The van der Waals surface area contributed by atoms with E-state index in [0.717, 1.165) is 16.8 Å². The van der Waals surface area contributed by atoms with Gasteiger partial charge in [0.1, 0.15) is 5.69 Å². The van der Waals surface area contributed by atoms with E-state index in [4.69, 9.17) is 11.6 Å². The van der Waals surface area contributed by atoms with Crippen molar-refractivity contribution >= 4 is 17.5 Å². The van der Waals surface area contributed by atoms with E-state index < -0.39 is 0 Å². The summed E-state index contributed by atoms with van der Waals surface area (Å²) in [6.45, 7) is 0.292. The van der Waals surface area contributed by atoms with E-state index in [9.17, 15) is 4.79 Å². The number of hydrogen-bond acceptors (Lipinski definition) is 4. The lowest BCUT2D eigenvalue weighted by Crippen LogP contribution is -2.22. The van der Waals surface area contributed by atoms with Crippen LogP contribution in [0.2, 0.25) is 5.02 Å². The Balaban J connectivity index is 1.40. The van der Waals surface area contributed by atoms with Gasteiger partial charge in [-0.1, -0.05) is 41.1 Å². The van der Waals surface area contributed by atoms with Gasteiger partial charge in [0.2, 0.25) is 0 Å². The van der Waals surface area contributed by atoms with Gasteiger partial charge in [-0.3, -0.25) is 9.78 Å². The van der Waals surface area contributed by atoms with Crippen molar-refractivity contribution in [3.05, 3.63) is 95.5 Å². The molecular formula is C21H16ClN5O. The summed E-state index contributed by atoms with van der Waals surface area (Å²) in [6.07, 6.45) is 5.15. The summed E-state index contributed by atoms with van der Waals surface area (Å²) in [4.78, 5) is 16.4. The summed E-state index contributed by atoms with van der Waals surface area (Å²) < 4.78 is 1.64. The average Bonchev–Trinajstić information content (AvgIpc) is 3.22. The Morgan fingerprint density at radius 2 is 1.79 bits per heavy atom. The standard InChI is InChI=1S/C21H16ClN5O/c22-18-3-1-2-17(12-18)15-4-6-16(7-5-15)21(28)24-13-19-14-27(26-25-19)20-8-10-23-11-9-20/h1-12,14H,13H2,(H,24,28). The molecule has 0 bridgehead atoms. The first-order valence-electron chi connectivity index (χ1n) is 8.65. The van der Waals surface area contributed by atoms with Crippen LogP contribution in [0.5, 0.6) is 0 Å². The quantitative estimate of drug-likeness (QED) is 0.561. The number of nitrogens with zero attached hydrogens (tertiary/aromatic N) is 4. The zero-order chi connectivity index (χ0) is 19.3. The lowest BCUT2D eigenvalue weighted by atomic mass is 10.0. The van der Waals surface area contributed by atoms with Crippen molar-refractivity contribution in [3.63, 3.8) is 0 Å². The van der Waals surface area contributed by atoms with Crippen LogP contribution < -0.4 is 5.32 Å². The van der Waals surface area contributed by atoms with Crippen LogP contribution >= 0.6 is 11.6 Å². The number of halogens is 1. The Kier molecular flexibility index (Phi) is 5.12. The first-order chi connectivity index (χ1) is 13.7. The fourth-order valence-corrected chi connectivity index (χ4v) is 2.95. The summed E-state index contributed by atoms with van der Waals surface area (Å²) >= 11 is 6.04. The number of carbonyl (C=O) groups excluding carboxylic acids is 1. The second kappa shape index (κ2) is 8.02. The molecule has 0 saturated carbocycles. The number of aromatic nitrogens is 4. The SMILES string of the molecule is O=C(NCc1cn(-c2ccncc2)nn1)c1ccc(-c2cccc(Cl)c2)cc1. The highest BCUT2D eigenvalue weighted by Crippen LogP contribution is 2.23. The normalized spacial score (nSPS) is 10.6. The number of amides is 1. The lowest BCUT2D eigenvalue weighted by Gasteiger charge is -2.06. The number of pyridine rings is 1. The Labute approximate surface area is 166 Å². The zero-order valence-electron chi connectivity index (χ0n) is 14.8. The van der Waals surface area contributed by atoms with E-state index in [1.165, 1.54) is 0 Å². The molecule has 0 spiro atoms. The maximum Gasteiger partial charge on any atom is 0.251 e. The van der Waals surface area contributed by atoms with Gasteiger partial charge in [0.25, 0.3) is 5.91 Å². The second-order valence-corrected chi connectivity index (χ2v) is 6.57. The van der Waals surface area contributed by atoms with Crippen LogP contribution in [0.3, 0.4) is 0 Å². The minimum atomic E-state index is -0.170. The van der Waals surface area contributed by atoms with E-state index in [-0.39, 0.29) is 5.91 Å².